The maximum Gasteiger partial charge on any atom is 0.332 e. The molecule has 2 aliphatic rings. The number of aryl methyl sites for hydroxylation is 2. The van der Waals surface area contributed by atoms with Crippen molar-refractivity contribution in [3.63, 3.8) is 0 Å². The monoisotopic (exact) mass is 443 g/mol. The van der Waals surface area contributed by atoms with E-state index in [4.69, 9.17) is 4.74 Å². The van der Waals surface area contributed by atoms with Crippen molar-refractivity contribution >= 4 is 21.7 Å². The molecule has 31 heavy (non-hydrogen) atoms. The van der Waals surface area contributed by atoms with Gasteiger partial charge in [0.25, 0.3) is 0 Å². The van der Waals surface area contributed by atoms with Crippen LogP contribution in [0.1, 0.15) is 55.2 Å². The Balaban J connectivity index is 1.70. The molecule has 1 heterocycles. The predicted octanol–water partition coefficient (Wildman–Crippen LogP) is 4.34. The summed E-state index contributed by atoms with van der Waals surface area (Å²) in [6, 6.07) is 5.23. The minimum absolute atomic E-state index is 0.191. The van der Waals surface area contributed by atoms with Gasteiger partial charge in [-0.15, -0.1) is 0 Å². The molecule has 166 valence electrons. The van der Waals surface area contributed by atoms with Crippen molar-refractivity contribution in [1.82, 2.24) is 9.71 Å². The summed E-state index contributed by atoms with van der Waals surface area (Å²) in [5, 5.41) is 2.82. The highest BCUT2D eigenvalue weighted by atomic mass is 32.2. The highest BCUT2D eigenvalue weighted by Gasteiger charge is 2.24. The lowest BCUT2D eigenvalue weighted by Gasteiger charge is -2.23. The van der Waals surface area contributed by atoms with Crippen LogP contribution in [0.4, 0.5) is 10.5 Å². The normalized spacial score (nSPS) is 16.6. The number of pyridine rings is 1. The second-order valence-corrected chi connectivity index (χ2v) is 10.3. The first-order valence-electron chi connectivity index (χ1n) is 10.9. The highest BCUT2D eigenvalue weighted by molar-refractivity contribution is 7.89. The molecule has 8 heteroatoms. The number of rotatable bonds is 5. The number of carbonyl (C=O) groups is 1. The molecule has 0 unspecified atom stereocenters. The molecule has 0 radical (unpaired) electrons. The number of fused-ring (bicyclic) bond motifs is 1. The van der Waals surface area contributed by atoms with Gasteiger partial charge in [-0.05, 0) is 80.2 Å². The molecule has 0 spiro atoms. The van der Waals surface area contributed by atoms with Crippen LogP contribution in [0.25, 0.3) is 11.1 Å². The lowest BCUT2D eigenvalue weighted by Crippen LogP contribution is -2.34. The lowest BCUT2D eigenvalue weighted by atomic mass is 9.93. The predicted molar refractivity (Wildman–Crippen MR) is 121 cm³/mol. The van der Waals surface area contributed by atoms with Gasteiger partial charge in [-0.2, -0.15) is 0 Å². The van der Waals surface area contributed by atoms with Crippen LogP contribution in [0, 0.1) is 6.92 Å². The molecular weight excluding hydrogens is 414 g/mol. The Morgan fingerprint density at radius 2 is 1.90 bits per heavy atom. The van der Waals surface area contributed by atoms with E-state index in [2.05, 4.69) is 16.4 Å². The molecule has 1 fully saturated rings. The number of anilines is 1. The van der Waals surface area contributed by atoms with E-state index in [1.807, 2.05) is 23.8 Å². The average Bonchev–Trinajstić information content (AvgIpc) is 3.16. The van der Waals surface area contributed by atoms with Gasteiger partial charge in [0.15, 0.2) is 0 Å². The van der Waals surface area contributed by atoms with Crippen molar-refractivity contribution in [2.75, 3.05) is 11.6 Å². The number of hydrogen-bond acceptors (Lipinski definition) is 5. The fourth-order valence-electron chi connectivity index (χ4n) is 4.69. The van der Waals surface area contributed by atoms with Gasteiger partial charge >= 0.3 is 6.03 Å². The van der Waals surface area contributed by atoms with Crippen molar-refractivity contribution in [2.45, 2.75) is 64.4 Å². The summed E-state index contributed by atoms with van der Waals surface area (Å²) in [5.41, 5.74) is 5.72. The summed E-state index contributed by atoms with van der Waals surface area (Å²) >= 11 is 0. The second-order valence-electron chi connectivity index (χ2n) is 8.52. The number of urea groups is 1. The van der Waals surface area contributed by atoms with Crippen molar-refractivity contribution in [1.29, 1.82) is 0 Å². The van der Waals surface area contributed by atoms with E-state index in [0.29, 0.717) is 11.6 Å². The summed E-state index contributed by atoms with van der Waals surface area (Å²) < 4.78 is 31.2. The van der Waals surface area contributed by atoms with Crippen LogP contribution in [-0.4, -0.2) is 31.8 Å². The van der Waals surface area contributed by atoms with Gasteiger partial charge in [-0.25, -0.2) is 22.9 Å². The smallest absolute Gasteiger partial charge is 0.332 e. The Hall–Kier alpha value is -2.61. The number of carbonyl (C=O) groups excluding carboxylic acids is 1. The van der Waals surface area contributed by atoms with Crippen molar-refractivity contribution in [3.8, 4) is 17.0 Å². The van der Waals surface area contributed by atoms with Crippen LogP contribution in [0.5, 0.6) is 5.88 Å². The highest BCUT2D eigenvalue weighted by Crippen LogP contribution is 2.40. The third kappa shape index (κ3) is 5.18. The minimum atomic E-state index is -3.66. The standard InChI is InChI=1S/C23H29N3O4S/c1-15-13-16-7-6-10-19(16)22(25-23(27)26-31(2,28)29)21(15)17-11-12-24-20(14-17)30-18-8-4-3-5-9-18/h11-14,18H,3-10H2,1-2H3,(H2,25,26,27). The summed E-state index contributed by atoms with van der Waals surface area (Å²) in [6.45, 7) is 2.01. The largest absolute Gasteiger partial charge is 0.474 e. The Morgan fingerprint density at radius 3 is 2.65 bits per heavy atom. The first-order valence-corrected chi connectivity index (χ1v) is 12.8. The van der Waals surface area contributed by atoms with E-state index < -0.39 is 16.1 Å². The van der Waals surface area contributed by atoms with Gasteiger partial charge in [-0.3, -0.25) is 0 Å². The SMILES string of the molecule is Cc1cc2c(c(NC(=O)NS(C)(=O)=O)c1-c1ccnc(OC3CCCCC3)c1)CCC2. The number of aromatic nitrogens is 1. The number of nitrogens with zero attached hydrogens (tertiary/aromatic N) is 1. The summed E-state index contributed by atoms with van der Waals surface area (Å²) in [5.74, 6) is 0.579. The van der Waals surface area contributed by atoms with Gasteiger partial charge in [0.05, 0.1) is 11.9 Å². The van der Waals surface area contributed by atoms with Crippen molar-refractivity contribution in [2.24, 2.45) is 0 Å². The molecule has 0 bridgehead atoms. The van der Waals surface area contributed by atoms with Crippen LogP contribution >= 0.6 is 0 Å². The Kier molecular flexibility index (Phi) is 6.18. The number of sulfonamides is 1. The van der Waals surface area contributed by atoms with E-state index in [0.717, 1.165) is 60.6 Å². The van der Waals surface area contributed by atoms with Crippen LogP contribution in [0.2, 0.25) is 0 Å². The zero-order chi connectivity index (χ0) is 22.0. The molecule has 1 saturated carbocycles. The van der Waals surface area contributed by atoms with Crippen molar-refractivity contribution < 1.29 is 17.9 Å². The van der Waals surface area contributed by atoms with E-state index >= 15 is 0 Å². The fraction of sp³-hybridized carbons (Fsp3) is 0.478. The maximum absolute atomic E-state index is 12.4. The van der Waals surface area contributed by atoms with E-state index in [-0.39, 0.29) is 6.10 Å². The minimum Gasteiger partial charge on any atom is -0.474 e. The topological polar surface area (TPSA) is 97.4 Å². The molecule has 4 rings (SSSR count). The lowest BCUT2D eigenvalue weighted by molar-refractivity contribution is 0.149. The molecule has 2 aromatic rings. The molecule has 7 nitrogen and oxygen atoms in total. The number of ether oxygens (including phenoxy) is 1. The molecule has 1 aromatic heterocycles. The summed E-state index contributed by atoms with van der Waals surface area (Å²) in [6.07, 6.45) is 11.4. The van der Waals surface area contributed by atoms with Crippen LogP contribution in [-0.2, 0) is 22.9 Å². The molecule has 1 aromatic carbocycles. The van der Waals surface area contributed by atoms with Gasteiger partial charge in [0, 0.05) is 17.8 Å². The first kappa shape index (κ1) is 21.6. The van der Waals surface area contributed by atoms with Gasteiger partial charge in [0.1, 0.15) is 6.10 Å². The van der Waals surface area contributed by atoms with Crippen LogP contribution < -0.4 is 14.8 Å². The van der Waals surface area contributed by atoms with E-state index in [1.165, 1.54) is 24.8 Å². The molecule has 2 aliphatic carbocycles. The first-order chi connectivity index (χ1) is 14.8. The number of hydrogen-bond donors (Lipinski definition) is 2. The third-order valence-corrected chi connectivity index (χ3v) is 6.53. The Morgan fingerprint density at radius 1 is 1.13 bits per heavy atom. The van der Waals surface area contributed by atoms with Crippen LogP contribution in [0.15, 0.2) is 24.4 Å². The van der Waals surface area contributed by atoms with Crippen molar-refractivity contribution in [3.05, 3.63) is 41.1 Å². The number of amides is 2. The van der Waals surface area contributed by atoms with Gasteiger partial charge in [0.2, 0.25) is 15.9 Å². The molecule has 0 aliphatic heterocycles. The maximum atomic E-state index is 12.4. The number of benzene rings is 1. The quantitative estimate of drug-likeness (QED) is 0.716. The van der Waals surface area contributed by atoms with E-state index in [9.17, 15) is 13.2 Å². The molecule has 0 saturated heterocycles. The van der Waals surface area contributed by atoms with Gasteiger partial charge in [-0.1, -0.05) is 12.5 Å². The molecule has 2 amide bonds. The summed E-state index contributed by atoms with van der Waals surface area (Å²) in [4.78, 5) is 16.8. The Labute approximate surface area is 183 Å². The van der Waals surface area contributed by atoms with E-state index in [1.54, 1.807) is 6.20 Å². The van der Waals surface area contributed by atoms with Gasteiger partial charge < -0.3 is 10.1 Å². The zero-order valence-electron chi connectivity index (χ0n) is 18.0. The number of nitrogens with one attached hydrogen (secondary N) is 2. The molecule has 0 atom stereocenters. The summed E-state index contributed by atoms with van der Waals surface area (Å²) in [7, 11) is -3.66. The molecule has 2 N–H and O–H groups in total. The zero-order valence-corrected chi connectivity index (χ0v) is 18.8. The van der Waals surface area contributed by atoms with Crippen LogP contribution in [0.3, 0.4) is 0 Å². The third-order valence-electron chi connectivity index (χ3n) is 5.98. The average molecular weight is 444 g/mol. The Bertz CT molecular complexity index is 1090. The fourth-order valence-corrected chi connectivity index (χ4v) is 5.08. The second kappa shape index (κ2) is 8.86. The molecular formula is C23H29N3O4S.